The Balaban J connectivity index is 1.77. The molecule has 2 N–H and O–H groups in total. The number of benzene rings is 1. The maximum absolute atomic E-state index is 11.6. The van der Waals surface area contributed by atoms with E-state index in [1.165, 1.54) is 0 Å². The van der Waals surface area contributed by atoms with Gasteiger partial charge in [-0.2, -0.15) is 0 Å². The van der Waals surface area contributed by atoms with Crippen molar-refractivity contribution in [2.45, 2.75) is 10.6 Å². The van der Waals surface area contributed by atoms with Gasteiger partial charge in [-0.05, 0) is 18.1 Å². The number of aromatic amines is 1. The Morgan fingerprint density at radius 1 is 1.33 bits per heavy atom. The quantitative estimate of drug-likeness (QED) is 0.515. The predicted molar refractivity (Wildman–Crippen MR) is 94.6 cm³/mol. The van der Waals surface area contributed by atoms with Gasteiger partial charge in [-0.25, -0.2) is 8.42 Å². The lowest BCUT2D eigenvalue weighted by Crippen LogP contribution is -2.04. The zero-order valence-electron chi connectivity index (χ0n) is 12.8. The Labute approximate surface area is 142 Å². The van der Waals surface area contributed by atoms with E-state index in [-0.39, 0.29) is 14.9 Å². The van der Waals surface area contributed by atoms with Gasteiger partial charge < -0.3 is 10.3 Å². The summed E-state index contributed by atoms with van der Waals surface area (Å²) in [5.74, 6) is 0. The number of anilines is 1. The molecule has 0 aliphatic heterocycles. The molecule has 0 bridgehead atoms. The van der Waals surface area contributed by atoms with Crippen molar-refractivity contribution in [1.29, 1.82) is 0 Å². The lowest BCUT2D eigenvalue weighted by molar-refractivity contribution is -0.383. The fraction of sp³-hybridized carbons (Fsp3) is 0.200. The van der Waals surface area contributed by atoms with Crippen LogP contribution in [-0.4, -0.2) is 31.1 Å². The summed E-state index contributed by atoms with van der Waals surface area (Å²) < 4.78 is 23.2. The highest BCUT2D eigenvalue weighted by atomic mass is 32.2. The average molecular weight is 365 g/mol. The second-order valence-electron chi connectivity index (χ2n) is 5.35. The standard InChI is InChI=1S/C15H15N3O4S2/c1-24(21,22)14-8-13(18(19)20)15(23-14)16-7-6-10-9-17-12-5-3-2-4-11(10)12/h2-5,8-9,16-17H,6-7H2,1H3. The lowest BCUT2D eigenvalue weighted by atomic mass is 10.1. The van der Waals surface area contributed by atoms with Gasteiger partial charge in [0.05, 0.1) is 4.92 Å². The predicted octanol–water partition coefficient (Wildman–Crippen LogP) is 3.20. The van der Waals surface area contributed by atoms with Crippen molar-refractivity contribution in [1.82, 2.24) is 4.98 Å². The summed E-state index contributed by atoms with van der Waals surface area (Å²) in [6.07, 6.45) is 3.61. The number of sulfone groups is 1. The Morgan fingerprint density at radius 2 is 2.08 bits per heavy atom. The van der Waals surface area contributed by atoms with Crippen molar-refractivity contribution in [2.75, 3.05) is 18.1 Å². The molecule has 0 aliphatic carbocycles. The lowest BCUT2D eigenvalue weighted by Gasteiger charge is -2.03. The number of nitrogens with zero attached hydrogens (tertiary/aromatic N) is 1. The molecule has 7 nitrogen and oxygen atoms in total. The number of fused-ring (bicyclic) bond motifs is 1. The second-order valence-corrected chi connectivity index (χ2v) is 8.64. The highest BCUT2D eigenvalue weighted by Crippen LogP contribution is 2.37. The summed E-state index contributed by atoms with van der Waals surface area (Å²) in [5.41, 5.74) is 1.92. The molecule has 3 rings (SSSR count). The molecule has 24 heavy (non-hydrogen) atoms. The maximum atomic E-state index is 11.6. The van der Waals surface area contributed by atoms with Gasteiger partial charge in [0.15, 0.2) is 14.8 Å². The van der Waals surface area contributed by atoms with Gasteiger partial charge in [0, 0.05) is 36.0 Å². The van der Waals surface area contributed by atoms with E-state index in [0.29, 0.717) is 13.0 Å². The first-order valence-corrected chi connectivity index (χ1v) is 9.84. The van der Waals surface area contributed by atoms with Crippen LogP contribution in [0.2, 0.25) is 0 Å². The van der Waals surface area contributed by atoms with Gasteiger partial charge in [0.25, 0.3) is 0 Å². The van der Waals surface area contributed by atoms with E-state index >= 15 is 0 Å². The van der Waals surface area contributed by atoms with E-state index in [0.717, 1.165) is 40.1 Å². The first kappa shape index (κ1) is 16.5. The topological polar surface area (TPSA) is 105 Å². The van der Waals surface area contributed by atoms with Crippen molar-refractivity contribution in [3.63, 3.8) is 0 Å². The molecule has 1 aromatic carbocycles. The smallest absolute Gasteiger partial charge is 0.304 e. The highest BCUT2D eigenvalue weighted by molar-refractivity contribution is 7.92. The van der Waals surface area contributed by atoms with E-state index in [4.69, 9.17) is 0 Å². The largest absolute Gasteiger partial charge is 0.371 e. The number of para-hydroxylation sites is 1. The molecule has 0 spiro atoms. The van der Waals surface area contributed by atoms with Gasteiger partial charge in [-0.15, -0.1) is 0 Å². The molecule has 0 fully saturated rings. The number of thiophene rings is 1. The van der Waals surface area contributed by atoms with Gasteiger partial charge in [0.2, 0.25) is 0 Å². The monoisotopic (exact) mass is 365 g/mol. The van der Waals surface area contributed by atoms with Crippen LogP contribution in [0.4, 0.5) is 10.7 Å². The number of rotatable bonds is 6. The van der Waals surface area contributed by atoms with E-state index in [9.17, 15) is 18.5 Å². The van der Waals surface area contributed by atoms with E-state index in [1.54, 1.807) is 0 Å². The van der Waals surface area contributed by atoms with E-state index < -0.39 is 14.8 Å². The number of H-pyrrole nitrogens is 1. The molecule has 9 heteroatoms. The molecule has 2 aromatic heterocycles. The van der Waals surface area contributed by atoms with Crippen LogP contribution in [0.25, 0.3) is 10.9 Å². The summed E-state index contributed by atoms with van der Waals surface area (Å²) in [7, 11) is -3.47. The minimum atomic E-state index is -3.47. The normalized spacial score (nSPS) is 11.7. The van der Waals surface area contributed by atoms with Crippen LogP contribution in [0.1, 0.15) is 5.56 Å². The van der Waals surface area contributed by atoms with Crippen LogP contribution in [0, 0.1) is 10.1 Å². The molecule has 126 valence electrons. The zero-order valence-corrected chi connectivity index (χ0v) is 14.4. The molecular weight excluding hydrogens is 350 g/mol. The highest BCUT2D eigenvalue weighted by Gasteiger charge is 2.23. The first-order valence-electron chi connectivity index (χ1n) is 7.13. The summed E-state index contributed by atoms with van der Waals surface area (Å²) in [4.78, 5) is 13.7. The van der Waals surface area contributed by atoms with E-state index in [2.05, 4.69) is 10.3 Å². The number of aromatic nitrogens is 1. The van der Waals surface area contributed by atoms with E-state index in [1.807, 2.05) is 30.5 Å². The fourth-order valence-electron chi connectivity index (χ4n) is 2.45. The van der Waals surface area contributed by atoms with Crippen LogP contribution < -0.4 is 5.32 Å². The minimum absolute atomic E-state index is 0.0104. The Morgan fingerprint density at radius 3 is 2.79 bits per heavy atom. The third kappa shape index (κ3) is 3.26. The van der Waals surface area contributed by atoms with Crippen LogP contribution >= 0.6 is 11.3 Å². The Hall–Kier alpha value is -2.39. The van der Waals surface area contributed by atoms with Gasteiger partial charge in [-0.1, -0.05) is 29.5 Å². The number of hydrogen-bond donors (Lipinski definition) is 2. The van der Waals surface area contributed by atoms with Crippen molar-refractivity contribution >= 4 is 42.8 Å². The third-order valence-corrected chi connectivity index (χ3v) is 6.49. The average Bonchev–Trinajstić information content (AvgIpc) is 3.12. The Kier molecular flexibility index (Phi) is 4.29. The number of nitro groups is 1. The first-order chi connectivity index (χ1) is 11.4. The molecule has 0 radical (unpaired) electrons. The minimum Gasteiger partial charge on any atom is -0.371 e. The van der Waals surface area contributed by atoms with Crippen LogP contribution in [0.15, 0.2) is 40.7 Å². The van der Waals surface area contributed by atoms with Gasteiger partial charge in [-0.3, -0.25) is 10.1 Å². The van der Waals surface area contributed by atoms with Crippen molar-refractivity contribution in [3.8, 4) is 0 Å². The Bertz CT molecular complexity index is 1000. The fourth-order valence-corrected chi connectivity index (χ4v) is 4.42. The summed E-state index contributed by atoms with van der Waals surface area (Å²) in [5, 5.41) is 15.5. The molecule has 0 atom stereocenters. The van der Waals surface area contributed by atoms with Crippen LogP contribution in [-0.2, 0) is 16.3 Å². The SMILES string of the molecule is CS(=O)(=O)c1cc([N+](=O)[O-])c(NCCc2c[nH]c3ccccc23)s1. The number of hydrogen-bond acceptors (Lipinski definition) is 6. The molecule has 0 saturated heterocycles. The van der Waals surface area contributed by atoms with Crippen LogP contribution in [0.3, 0.4) is 0 Å². The summed E-state index contributed by atoms with van der Waals surface area (Å²) >= 11 is 0.887. The molecule has 0 saturated carbocycles. The molecule has 2 heterocycles. The molecule has 0 amide bonds. The van der Waals surface area contributed by atoms with Crippen molar-refractivity contribution in [2.24, 2.45) is 0 Å². The third-order valence-electron chi connectivity index (χ3n) is 3.61. The van der Waals surface area contributed by atoms with Crippen LogP contribution in [0.5, 0.6) is 0 Å². The summed E-state index contributed by atoms with van der Waals surface area (Å²) in [6, 6.07) is 9.00. The number of nitrogens with one attached hydrogen (secondary N) is 2. The molecule has 0 unspecified atom stereocenters. The maximum Gasteiger partial charge on any atom is 0.304 e. The second kappa shape index (κ2) is 6.25. The molecule has 0 aliphatic rings. The zero-order chi connectivity index (χ0) is 17.3. The van der Waals surface area contributed by atoms with Crippen molar-refractivity contribution < 1.29 is 13.3 Å². The molecule has 3 aromatic rings. The van der Waals surface area contributed by atoms with Crippen molar-refractivity contribution in [3.05, 3.63) is 52.2 Å². The van der Waals surface area contributed by atoms with Gasteiger partial charge >= 0.3 is 5.69 Å². The van der Waals surface area contributed by atoms with Gasteiger partial charge in [0.1, 0.15) is 4.21 Å². The summed E-state index contributed by atoms with van der Waals surface area (Å²) in [6.45, 7) is 0.465. The molecular formula is C15H15N3O4S2.